The number of halogens is 3. The molecule has 2 aromatic rings. The van der Waals surface area contributed by atoms with Gasteiger partial charge in [0, 0.05) is 51.3 Å². The largest absolute Gasteiger partial charge is 0.490 e. The van der Waals surface area contributed by atoms with Crippen molar-refractivity contribution in [1.82, 2.24) is 24.9 Å². The van der Waals surface area contributed by atoms with E-state index >= 15 is 0 Å². The third kappa shape index (κ3) is 7.02. The summed E-state index contributed by atoms with van der Waals surface area (Å²) >= 11 is 1.80. The number of rotatable bonds is 5. The number of hydrogen-bond donors (Lipinski definition) is 2. The molecule has 0 saturated carbocycles. The van der Waals surface area contributed by atoms with E-state index in [4.69, 9.17) is 9.90 Å². The van der Waals surface area contributed by atoms with Gasteiger partial charge in [0.25, 0.3) is 0 Å². The van der Waals surface area contributed by atoms with Gasteiger partial charge in [0.05, 0.1) is 11.7 Å². The molecule has 2 N–H and O–H groups in total. The number of thiophene rings is 1. The van der Waals surface area contributed by atoms with Crippen LogP contribution in [0.5, 0.6) is 0 Å². The molecule has 30 heavy (non-hydrogen) atoms. The number of carbonyl (C=O) groups is 2. The second kappa shape index (κ2) is 10.4. The molecule has 1 atom stereocenters. The van der Waals surface area contributed by atoms with E-state index in [2.05, 4.69) is 43.6 Å². The fourth-order valence-corrected chi connectivity index (χ4v) is 3.67. The van der Waals surface area contributed by atoms with Crippen molar-refractivity contribution in [2.45, 2.75) is 31.7 Å². The lowest BCUT2D eigenvalue weighted by atomic mass is 10.1. The Balaban J connectivity index is 0.000000396. The lowest BCUT2D eigenvalue weighted by Crippen LogP contribution is -2.40. The van der Waals surface area contributed by atoms with E-state index in [9.17, 15) is 18.0 Å². The number of aliphatic carboxylic acids is 1. The number of aromatic nitrogens is 2. The molecule has 2 amide bonds. The normalized spacial score (nSPS) is 16.2. The molecule has 0 spiro atoms. The van der Waals surface area contributed by atoms with Gasteiger partial charge in [-0.2, -0.15) is 18.3 Å². The minimum absolute atomic E-state index is 0.0445. The fraction of sp³-hybridized carbons (Fsp3) is 0.500. The van der Waals surface area contributed by atoms with Crippen LogP contribution in [0.1, 0.15) is 23.0 Å². The molecule has 1 aliphatic heterocycles. The summed E-state index contributed by atoms with van der Waals surface area (Å²) in [6, 6.07) is 6.63. The summed E-state index contributed by atoms with van der Waals surface area (Å²) in [4.78, 5) is 25.9. The number of alkyl halides is 3. The summed E-state index contributed by atoms with van der Waals surface area (Å²) in [5.74, 6) is -2.76. The summed E-state index contributed by atoms with van der Waals surface area (Å²) in [5, 5.41) is 16.7. The van der Waals surface area contributed by atoms with Gasteiger partial charge in [-0.25, -0.2) is 9.59 Å². The van der Waals surface area contributed by atoms with Crippen molar-refractivity contribution in [1.29, 1.82) is 0 Å². The highest BCUT2D eigenvalue weighted by Crippen LogP contribution is 2.25. The minimum Gasteiger partial charge on any atom is -0.475 e. The van der Waals surface area contributed by atoms with Crippen molar-refractivity contribution in [2.75, 3.05) is 27.2 Å². The first-order chi connectivity index (χ1) is 14.1. The highest BCUT2D eigenvalue weighted by Gasteiger charge is 2.38. The van der Waals surface area contributed by atoms with Gasteiger partial charge in [-0.05, 0) is 23.9 Å². The number of nitrogens with zero attached hydrogens (tertiary/aromatic N) is 4. The number of urea groups is 1. The van der Waals surface area contributed by atoms with Gasteiger partial charge in [0.2, 0.25) is 0 Å². The van der Waals surface area contributed by atoms with Crippen molar-refractivity contribution in [3.63, 3.8) is 0 Å². The molecule has 0 aliphatic carbocycles. The van der Waals surface area contributed by atoms with Gasteiger partial charge >= 0.3 is 18.2 Å². The molecule has 1 unspecified atom stereocenters. The topological polar surface area (TPSA) is 90.7 Å². The van der Waals surface area contributed by atoms with E-state index in [0.717, 1.165) is 26.1 Å². The van der Waals surface area contributed by atoms with Crippen LogP contribution in [0.15, 0.2) is 29.8 Å². The van der Waals surface area contributed by atoms with Crippen LogP contribution in [0.4, 0.5) is 18.0 Å². The average molecular weight is 447 g/mol. The van der Waals surface area contributed by atoms with Crippen molar-refractivity contribution in [2.24, 2.45) is 0 Å². The van der Waals surface area contributed by atoms with E-state index in [-0.39, 0.29) is 6.03 Å². The Bertz CT molecular complexity index is 823. The third-order valence-electron chi connectivity index (χ3n) is 4.31. The van der Waals surface area contributed by atoms with E-state index < -0.39 is 12.1 Å². The van der Waals surface area contributed by atoms with E-state index in [1.165, 1.54) is 10.6 Å². The molecule has 3 heterocycles. The smallest absolute Gasteiger partial charge is 0.475 e. The van der Waals surface area contributed by atoms with Gasteiger partial charge in [0.1, 0.15) is 0 Å². The van der Waals surface area contributed by atoms with Crippen LogP contribution in [-0.2, 0) is 17.9 Å². The van der Waals surface area contributed by atoms with E-state index in [1.807, 2.05) is 6.20 Å². The average Bonchev–Trinajstić information content (AvgIpc) is 3.33. The molecule has 0 radical (unpaired) electrons. The number of carboxylic acids is 1. The first-order valence-corrected chi connectivity index (χ1v) is 9.98. The van der Waals surface area contributed by atoms with E-state index in [1.54, 1.807) is 30.3 Å². The molecule has 0 aromatic carbocycles. The third-order valence-corrected chi connectivity index (χ3v) is 5.18. The summed E-state index contributed by atoms with van der Waals surface area (Å²) < 4.78 is 33.9. The number of hydrogen-bond acceptors (Lipinski definition) is 5. The quantitative estimate of drug-likeness (QED) is 0.736. The maximum Gasteiger partial charge on any atom is 0.490 e. The second-order valence-electron chi connectivity index (χ2n) is 6.89. The summed E-state index contributed by atoms with van der Waals surface area (Å²) in [6.45, 7) is 3.53. The number of nitrogens with one attached hydrogen (secondary N) is 1. The van der Waals surface area contributed by atoms with Crippen molar-refractivity contribution < 1.29 is 27.9 Å². The molecule has 0 bridgehead atoms. The number of carboxylic acid groups (broad SMARTS) is 1. The monoisotopic (exact) mass is 447 g/mol. The lowest BCUT2D eigenvalue weighted by molar-refractivity contribution is -0.192. The first kappa shape index (κ1) is 23.7. The van der Waals surface area contributed by atoms with Gasteiger partial charge in [-0.3, -0.25) is 9.58 Å². The zero-order valence-electron chi connectivity index (χ0n) is 16.6. The van der Waals surface area contributed by atoms with Crippen LogP contribution in [0.3, 0.4) is 0 Å². The standard InChI is InChI=1S/C16H23N5OS.C2HF3O2/c1-19(2)16(22)17-7-5-13-10-20(12-15-4-3-9-23-15)11-14-6-8-18-21(13)14;3-2(4,5)1(6)7/h3-4,6,8-9,13H,5,7,10-12H2,1-2H3,(H,17,22);(H,6,7). The van der Waals surface area contributed by atoms with Crippen LogP contribution in [0, 0.1) is 0 Å². The SMILES string of the molecule is CN(C)C(=O)NCCC1CN(Cc2cccs2)Cc2ccnn21.O=C(O)C(F)(F)F. The predicted molar refractivity (Wildman–Crippen MR) is 105 cm³/mol. The van der Waals surface area contributed by atoms with Crippen LogP contribution in [0.25, 0.3) is 0 Å². The number of amides is 2. The molecule has 0 fully saturated rings. The van der Waals surface area contributed by atoms with Crippen molar-refractivity contribution >= 4 is 23.3 Å². The Morgan fingerprint density at radius 3 is 2.63 bits per heavy atom. The molecule has 1 aliphatic rings. The first-order valence-electron chi connectivity index (χ1n) is 9.10. The van der Waals surface area contributed by atoms with Crippen LogP contribution in [-0.4, -0.2) is 70.0 Å². The molecule has 0 saturated heterocycles. The molecule has 12 heteroatoms. The highest BCUT2D eigenvalue weighted by atomic mass is 32.1. The summed E-state index contributed by atoms with van der Waals surface area (Å²) in [6.07, 6.45) is -2.33. The molecular formula is C18H24F3N5O3S. The van der Waals surface area contributed by atoms with Crippen LogP contribution < -0.4 is 5.32 Å². The Kier molecular flexibility index (Phi) is 8.24. The molecule has 166 valence electrons. The Labute approximate surface area is 175 Å². The Morgan fingerprint density at radius 1 is 1.37 bits per heavy atom. The minimum atomic E-state index is -5.08. The zero-order chi connectivity index (χ0) is 22.3. The molecule has 2 aromatic heterocycles. The Hall–Kier alpha value is -2.60. The zero-order valence-corrected chi connectivity index (χ0v) is 17.4. The Morgan fingerprint density at radius 2 is 2.07 bits per heavy atom. The van der Waals surface area contributed by atoms with E-state index in [0.29, 0.717) is 12.6 Å². The predicted octanol–water partition coefficient (Wildman–Crippen LogP) is 2.80. The van der Waals surface area contributed by atoms with Crippen LogP contribution >= 0.6 is 11.3 Å². The van der Waals surface area contributed by atoms with Crippen LogP contribution in [0.2, 0.25) is 0 Å². The molecule has 3 rings (SSSR count). The fourth-order valence-electron chi connectivity index (χ4n) is 2.93. The summed E-state index contributed by atoms with van der Waals surface area (Å²) in [5.41, 5.74) is 1.25. The second-order valence-corrected chi connectivity index (χ2v) is 7.92. The highest BCUT2D eigenvalue weighted by molar-refractivity contribution is 7.09. The van der Waals surface area contributed by atoms with Crippen molar-refractivity contribution in [3.8, 4) is 0 Å². The molecular weight excluding hydrogens is 423 g/mol. The lowest BCUT2D eigenvalue weighted by Gasteiger charge is -2.33. The molecule has 8 nitrogen and oxygen atoms in total. The van der Waals surface area contributed by atoms with Gasteiger partial charge in [-0.1, -0.05) is 6.07 Å². The van der Waals surface area contributed by atoms with Gasteiger partial charge in [-0.15, -0.1) is 11.3 Å². The number of fused-ring (bicyclic) bond motifs is 1. The maximum absolute atomic E-state index is 11.6. The van der Waals surface area contributed by atoms with Gasteiger partial charge in [0.15, 0.2) is 0 Å². The van der Waals surface area contributed by atoms with Crippen molar-refractivity contribution in [3.05, 3.63) is 40.3 Å². The summed E-state index contributed by atoms with van der Waals surface area (Å²) in [7, 11) is 3.51. The number of carbonyl (C=O) groups excluding carboxylic acids is 1. The maximum atomic E-state index is 11.6. The van der Waals surface area contributed by atoms with Gasteiger partial charge < -0.3 is 15.3 Å².